The minimum absolute atomic E-state index is 0.168. The van der Waals surface area contributed by atoms with E-state index in [-0.39, 0.29) is 11.3 Å². The van der Waals surface area contributed by atoms with Crippen LogP contribution in [0.3, 0.4) is 0 Å². The molecule has 0 aliphatic carbocycles. The molecule has 8 heteroatoms. The maximum absolute atomic E-state index is 6.04. The van der Waals surface area contributed by atoms with Crippen molar-refractivity contribution in [1.29, 1.82) is 0 Å². The first-order valence-electron chi connectivity index (χ1n) is 6.84. The third kappa shape index (κ3) is 3.89. The summed E-state index contributed by atoms with van der Waals surface area (Å²) in [4.78, 5) is 17.1. The molecule has 0 radical (unpaired) electrons. The SMILES string of the molecule is CCN(c1nc(Cl)nc(-n2cccn2)n1)C(C)CN(C)C. The lowest BCUT2D eigenvalue weighted by molar-refractivity contribution is 0.371. The van der Waals surface area contributed by atoms with Crippen LogP contribution < -0.4 is 4.90 Å². The van der Waals surface area contributed by atoms with E-state index in [1.54, 1.807) is 17.1 Å². The maximum Gasteiger partial charge on any atom is 0.256 e. The summed E-state index contributed by atoms with van der Waals surface area (Å²) in [7, 11) is 4.08. The molecule has 2 rings (SSSR count). The molecule has 2 heterocycles. The van der Waals surface area contributed by atoms with Crippen molar-refractivity contribution in [1.82, 2.24) is 29.6 Å². The topological polar surface area (TPSA) is 63.0 Å². The summed E-state index contributed by atoms with van der Waals surface area (Å²) in [6, 6.07) is 2.07. The van der Waals surface area contributed by atoms with Crippen LogP contribution in [0, 0.1) is 0 Å². The summed E-state index contributed by atoms with van der Waals surface area (Å²) in [5.74, 6) is 0.989. The normalized spacial score (nSPS) is 12.7. The summed E-state index contributed by atoms with van der Waals surface area (Å²) in [5, 5.41) is 4.29. The molecule has 1 atom stereocenters. The summed E-state index contributed by atoms with van der Waals surface area (Å²) in [5.41, 5.74) is 0. The second-order valence-corrected chi connectivity index (χ2v) is 5.39. The lowest BCUT2D eigenvalue weighted by atomic mass is 10.3. The van der Waals surface area contributed by atoms with Crippen molar-refractivity contribution in [3.63, 3.8) is 0 Å². The predicted molar refractivity (Wildman–Crippen MR) is 83.0 cm³/mol. The number of halogens is 1. The molecule has 1 unspecified atom stereocenters. The fourth-order valence-corrected chi connectivity index (χ4v) is 2.38. The molecule has 114 valence electrons. The van der Waals surface area contributed by atoms with Gasteiger partial charge in [0.1, 0.15) is 0 Å². The minimum atomic E-state index is 0.168. The van der Waals surface area contributed by atoms with Crippen LogP contribution >= 0.6 is 11.6 Å². The largest absolute Gasteiger partial charge is 0.337 e. The van der Waals surface area contributed by atoms with E-state index in [1.807, 2.05) is 20.2 Å². The third-order valence-electron chi connectivity index (χ3n) is 3.05. The molecular formula is C13H20ClN7. The van der Waals surface area contributed by atoms with E-state index in [9.17, 15) is 0 Å². The van der Waals surface area contributed by atoms with Crippen LogP contribution in [0.25, 0.3) is 5.95 Å². The molecule has 0 spiro atoms. The van der Waals surface area contributed by atoms with E-state index in [0.717, 1.165) is 13.1 Å². The van der Waals surface area contributed by atoms with Gasteiger partial charge in [-0.3, -0.25) is 0 Å². The molecule has 0 amide bonds. The van der Waals surface area contributed by atoms with Gasteiger partial charge >= 0.3 is 0 Å². The Morgan fingerprint density at radius 3 is 2.62 bits per heavy atom. The Hall–Kier alpha value is -1.73. The van der Waals surface area contributed by atoms with Crippen molar-refractivity contribution >= 4 is 17.5 Å². The first-order valence-corrected chi connectivity index (χ1v) is 7.22. The highest BCUT2D eigenvalue weighted by Crippen LogP contribution is 2.15. The van der Waals surface area contributed by atoms with Crippen LogP contribution in [0.1, 0.15) is 13.8 Å². The molecule has 0 N–H and O–H groups in total. The van der Waals surface area contributed by atoms with Gasteiger partial charge in [0.25, 0.3) is 5.95 Å². The number of hydrogen-bond acceptors (Lipinski definition) is 6. The third-order valence-corrected chi connectivity index (χ3v) is 3.22. The van der Waals surface area contributed by atoms with Crippen molar-refractivity contribution in [3.8, 4) is 5.95 Å². The predicted octanol–water partition coefficient (Wildman–Crippen LogP) is 1.49. The first kappa shape index (κ1) is 15.7. The second kappa shape index (κ2) is 6.82. The van der Waals surface area contributed by atoms with Crippen LogP contribution in [0.5, 0.6) is 0 Å². The Morgan fingerprint density at radius 1 is 1.29 bits per heavy atom. The Balaban J connectivity index is 2.33. The molecule has 0 bridgehead atoms. The summed E-state index contributed by atoms with van der Waals surface area (Å²) in [6.45, 7) is 5.88. The van der Waals surface area contributed by atoms with Crippen molar-refractivity contribution in [2.24, 2.45) is 0 Å². The van der Waals surface area contributed by atoms with E-state index < -0.39 is 0 Å². The quantitative estimate of drug-likeness (QED) is 0.805. The number of hydrogen-bond donors (Lipinski definition) is 0. The molecule has 0 saturated carbocycles. The molecule has 0 saturated heterocycles. The molecule has 21 heavy (non-hydrogen) atoms. The summed E-state index contributed by atoms with van der Waals surface area (Å²) >= 11 is 6.04. The van der Waals surface area contributed by atoms with Gasteiger partial charge in [0.15, 0.2) is 0 Å². The highest BCUT2D eigenvalue weighted by molar-refractivity contribution is 6.28. The maximum atomic E-state index is 6.04. The molecule has 0 fully saturated rings. The van der Waals surface area contributed by atoms with Crippen molar-refractivity contribution in [2.75, 3.05) is 32.1 Å². The number of aromatic nitrogens is 5. The molecule has 0 aromatic carbocycles. The Morgan fingerprint density at radius 2 is 2.05 bits per heavy atom. The van der Waals surface area contributed by atoms with E-state index in [1.165, 1.54) is 0 Å². The number of rotatable bonds is 6. The zero-order valence-electron chi connectivity index (χ0n) is 12.7. The van der Waals surface area contributed by atoms with E-state index in [0.29, 0.717) is 11.9 Å². The van der Waals surface area contributed by atoms with Gasteiger partial charge in [0, 0.05) is 31.5 Å². The zero-order valence-corrected chi connectivity index (χ0v) is 13.5. The van der Waals surface area contributed by atoms with Gasteiger partial charge in [-0.2, -0.15) is 20.1 Å². The van der Waals surface area contributed by atoms with Gasteiger partial charge in [-0.25, -0.2) is 4.68 Å². The Bertz CT molecular complexity index is 570. The number of nitrogens with zero attached hydrogens (tertiary/aromatic N) is 7. The minimum Gasteiger partial charge on any atom is -0.337 e. The smallest absolute Gasteiger partial charge is 0.256 e. The molecule has 0 aliphatic heterocycles. The van der Waals surface area contributed by atoms with Crippen molar-refractivity contribution in [3.05, 3.63) is 23.7 Å². The molecule has 2 aromatic heterocycles. The second-order valence-electron chi connectivity index (χ2n) is 5.05. The Labute approximate surface area is 129 Å². The van der Waals surface area contributed by atoms with Crippen molar-refractivity contribution < 1.29 is 0 Å². The highest BCUT2D eigenvalue weighted by atomic mass is 35.5. The average Bonchev–Trinajstić information content (AvgIpc) is 2.91. The highest BCUT2D eigenvalue weighted by Gasteiger charge is 2.18. The van der Waals surface area contributed by atoms with Crippen molar-refractivity contribution in [2.45, 2.75) is 19.9 Å². The van der Waals surface area contributed by atoms with Gasteiger partial charge in [0.05, 0.1) is 0 Å². The summed E-state index contributed by atoms with van der Waals surface area (Å²) < 4.78 is 1.57. The zero-order chi connectivity index (χ0) is 15.4. The standard InChI is InChI=1S/C13H20ClN7/c1-5-20(10(2)9-19(3)4)12-16-11(14)17-13(18-12)21-8-6-7-15-21/h6-8,10H,5,9H2,1-4H3. The lowest BCUT2D eigenvalue weighted by Crippen LogP contribution is -2.41. The van der Waals surface area contributed by atoms with E-state index >= 15 is 0 Å². The van der Waals surface area contributed by atoms with E-state index in [2.05, 4.69) is 43.7 Å². The molecule has 0 aliphatic rings. The molecular weight excluding hydrogens is 290 g/mol. The van der Waals surface area contributed by atoms with Crippen LogP contribution in [-0.4, -0.2) is 62.9 Å². The lowest BCUT2D eigenvalue weighted by Gasteiger charge is -2.30. The fourth-order valence-electron chi connectivity index (χ4n) is 2.22. The van der Waals surface area contributed by atoms with Crippen LogP contribution in [0.15, 0.2) is 18.5 Å². The van der Waals surface area contributed by atoms with Gasteiger partial charge in [-0.15, -0.1) is 0 Å². The van der Waals surface area contributed by atoms with Gasteiger partial charge in [-0.05, 0) is 45.6 Å². The van der Waals surface area contributed by atoms with Gasteiger partial charge < -0.3 is 9.80 Å². The van der Waals surface area contributed by atoms with E-state index in [4.69, 9.17) is 11.6 Å². The van der Waals surface area contributed by atoms with Crippen LogP contribution in [0.2, 0.25) is 5.28 Å². The number of likely N-dealkylation sites (N-methyl/N-ethyl adjacent to an activating group) is 2. The summed E-state index contributed by atoms with van der Waals surface area (Å²) in [6.07, 6.45) is 3.44. The van der Waals surface area contributed by atoms with Gasteiger partial charge in [0.2, 0.25) is 11.2 Å². The van der Waals surface area contributed by atoms with Crippen LogP contribution in [-0.2, 0) is 0 Å². The average molecular weight is 310 g/mol. The number of anilines is 1. The fraction of sp³-hybridized carbons (Fsp3) is 0.538. The molecule has 2 aromatic rings. The Kier molecular flexibility index (Phi) is 5.08. The van der Waals surface area contributed by atoms with Crippen LogP contribution in [0.4, 0.5) is 5.95 Å². The van der Waals surface area contributed by atoms with Gasteiger partial charge in [-0.1, -0.05) is 0 Å². The first-order chi connectivity index (χ1) is 10.0. The molecule has 7 nitrogen and oxygen atoms in total. The monoisotopic (exact) mass is 309 g/mol.